The first-order chi connectivity index (χ1) is 13.0. The molecule has 0 aliphatic rings. The Morgan fingerprint density at radius 2 is 2.11 bits per heavy atom. The summed E-state index contributed by atoms with van der Waals surface area (Å²) in [7, 11) is 0. The number of benzene rings is 1. The van der Waals surface area contributed by atoms with Crippen LogP contribution in [0.25, 0.3) is 17.5 Å². The summed E-state index contributed by atoms with van der Waals surface area (Å²) in [6.45, 7) is 3.60. The lowest BCUT2D eigenvalue weighted by molar-refractivity contribution is -0.119. The van der Waals surface area contributed by atoms with E-state index in [4.69, 9.17) is 11.6 Å². The van der Waals surface area contributed by atoms with Gasteiger partial charge in [0.1, 0.15) is 12.1 Å². The van der Waals surface area contributed by atoms with Crippen molar-refractivity contribution in [1.82, 2.24) is 14.7 Å². The zero-order chi connectivity index (χ0) is 20.0. The molecule has 0 saturated heterocycles. The topological polar surface area (TPSA) is 75.2 Å². The number of aromatic amines is 1. The summed E-state index contributed by atoms with van der Waals surface area (Å²) in [5.74, 6) is -0.587. The van der Waals surface area contributed by atoms with E-state index in [2.05, 4.69) is 5.10 Å². The molecular formula is C19H21ClFN3O3. The van der Waals surface area contributed by atoms with Crippen molar-refractivity contribution in [1.29, 1.82) is 0 Å². The van der Waals surface area contributed by atoms with Crippen molar-refractivity contribution in [3.05, 3.63) is 50.0 Å². The van der Waals surface area contributed by atoms with Gasteiger partial charge in [0.05, 0.1) is 27.8 Å². The summed E-state index contributed by atoms with van der Waals surface area (Å²) in [6.07, 6.45) is 4.92. The monoisotopic (exact) mass is 393 g/mol. The van der Waals surface area contributed by atoms with Crippen molar-refractivity contribution in [2.45, 2.75) is 33.1 Å². The number of nitrogens with one attached hydrogen (secondary N) is 1. The van der Waals surface area contributed by atoms with E-state index in [1.54, 1.807) is 13.0 Å². The number of aromatic nitrogens is 2. The number of amides is 1. The third-order valence-corrected chi connectivity index (χ3v) is 4.46. The standard InChI is InChI=1S/C19H21ClFN3O3/c1-3-5-6-17(23(12-26)9-10-25)18-16(4-2)22-24(19(18)27)13-7-8-15(21)14(20)11-13/h4,7-8,10-12,22H,3,5-6,9H2,1-2H3/b16-4+,18-17+. The molecule has 0 unspecified atom stereocenters. The maximum atomic E-state index is 13.5. The minimum absolute atomic E-state index is 0.108. The molecule has 1 aromatic carbocycles. The third kappa shape index (κ3) is 4.36. The fraction of sp³-hybridized carbons (Fsp3) is 0.316. The van der Waals surface area contributed by atoms with Crippen LogP contribution in [0.15, 0.2) is 23.0 Å². The number of nitrogens with zero attached hydrogens (tertiary/aromatic N) is 2. The van der Waals surface area contributed by atoms with Crippen LogP contribution in [0.2, 0.25) is 5.02 Å². The molecule has 0 aliphatic heterocycles. The molecule has 0 fully saturated rings. The molecule has 0 bridgehead atoms. The predicted octanol–water partition coefficient (Wildman–Crippen LogP) is 1.71. The molecule has 1 N–H and O–H groups in total. The Bertz CT molecular complexity index is 1010. The van der Waals surface area contributed by atoms with Gasteiger partial charge in [-0.3, -0.25) is 14.7 Å². The van der Waals surface area contributed by atoms with Gasteiger partial charge in [-0.25, -0.2) is 9.07 Å². The Kier molecular flexibility index (Phi) is 7.12. The molecule has 144 valence electrons. The van der Waals surface area contributed by atoms with Gasteiger partial charge in [-0.1, -0.05) is 31.0 Å². The first-order valence-corrected chi connectivity index (χ1v) is 8.97. The zero-order valence-electron chi connectivity index (χ0n) is 15.2. The Balaban J connectivity index is 2.83. The Hall–Kier alpha value is -2.67. The maximum Gasteiger partial charge on any atom is 0.280 e. The number of carbonyl (C=O) groups excluding carboxylic acids is 2. The van der Waals surface area contributed by atoms with Gasteiger partial charge < -0.3 is 9.69 Å². The molecule has 0 radical (unpaired) electrons. The lowest BCUT2D eigenvalue weighted by Gasteiger charge is -2.17. The zero-order valence-corrected chi connectivity index (χ0v) is 15.9. The van der Waals surface area contributed by atoms with E-state index in [1.165, 1.54) is 27.8 Å². The summed E-state index contributed by atoms with van der Waals surface area (Å²) >= 11 is 5.83. The third-order valence-electron chi connectivity index (χ3n) is 4.17. The number of aldehydes is 1. The molecule has 1 amide bonds. The highest BCUT2D eigenvalue weighted by Gasteiger charge is 2.15. The van der Waals surface area contributed by atoms with Gasteiger partial charge in [-0.05, 0) is 38.0 Å². The molecule has 0 atom stereocenters. The fourth-order valence-electron chi connectivity index (χ4n) is 2.80. The molecule has 8 heteroatoms. The molecule has 6 nitrogen and oxygen atoms in total. The van der Waals surface area contributed by atoms with Crippen LogP contribution in [0.3, 0.4) is 0 Å². The minimum atomic E-state index is -0.587. The van der Waals surface area contributed by atoms with Crippen molar-refractivity contribution in [3.63, 3.8) is 0 Å². The smallest absolute Gasteiger partial charge is 0.280 e. The van der Waals surface area contributed by atoms with E-state index in [9.17, 15) is 18.8 Å². The summed E-state index contributed by atoms with van der Waals surface area (Å²) in [5, 5.41) is 3.66. The SMILES string of the molecule is C/C=c1/[nH]n(-c2ccc(F)c(Cl)c2)c(=O)/c1=C(\CCCC)N(C=O)CC=O. The van der Waals surface area contributed by atoms with Crippen molar-refractivity contribution < 1.29 is 14.0 Å². The first kappa shape index (κ1) is 20.6. The van der Waals surface area contributed by atoms with Crippen LogP contribution in [0.5, 0.6) is 0 Å². The molecule has 1 aromatic heterocycles. The number of H-pyrrole nitrogens is 1. The lowest BCUT2D eigenvalue weighted by Crippen LogP contribution is -2.42. The van der Waals surface area contributed by atoms with Crippen molar-refractivity contribution in [2.24, 2.45) is 0 Å². The summed E-state index contributed by atoms with van der Waals surface area (Å²) in [5.41, 5.74) is 0.429. The lowest BCUT2D eigenvalue weighted by atomic mass is 10.1. The Morgan fingerprint density at radius 1 is 1.37 bits per heavy atom. The van der Waals surface area contributed by atoms with Gasteiger partial charge in [0.15, 0.2) is 0 Å². The van der Waals surface area contributed by atoms with Gasteiger partial charge in [0, 0.05) is 5.70 Å². The van der Waals surface area contributed by atoms with Crippen LogP contribution < -0.4 is 16.1 Å². The number of halogens is 2. The number of carbonyl (C=O) groups is 2. The highest BCUT2D eigenvalue weighted by atomic mass is 35.5. The Morgan fingerprint density at radius 3 is 2.67 bits per heavy atom. The largest absolute Gasteiger partial charge is 0.311 e. The van der Waals surface area contributed by atoms with Crippen LogP contribution in [-0.4, -0.2) is 33.9 Å². The maximum absolute atomic E-state index is 13.5. The van der Waals surface area contributed by atoms with Gasteiger partial charge in [0.25, 0.3) is 5.56 Å². The quantitative estimate of drug-likeness (QED) is 0.694. The van der Waals surface area contributed by atoms with Crippen LogP contribution in [0, 0.1) is 5.82 Å². The molecule has 2 aromatic rings. The second kappa shape index (κ2) is 9.32. The van der Waals surface area contributed by atoms with Crippen LogP contribution >= 0.6 is 11.6 Å². The van der Waals surface area contributed by atoms with E-state index in [0.29, 0.717) is 41.1 Å². The average molecular weight is 394 g/mol. The van der Waals surface area contributed by atoms with Crippen LogP contribution in [-0.2, 0) is 9.59 Å². The van der Waals surface area contributed by atoms with Crippen LogP contribution in [0.4, 0.5) is 4.39 Å². The molecule has 0 saturated carbocycles. The Labute approximate surface area is 160 Å². The molecule has 0 spiro atoms. The molecule has 0 aliphatic carbocycles. The van der Waals surface area contributed by atoms with Crippen LogP contribution in [0.1, 0.15) is 33.1 Å². The van der Waals surface area contributed by atoms with Crippen molar-refractivity contribution >= 4 is 36.1 Å². The van der Waals surface area contributed by atoms with E-state index < -0.39 is 11.4 Å². The van der Waals surface area contributed by atoms with Crippen molar-refractivity contribution in [2.75, 3.05) is 6.54 Å². The summed E-state index contributed by atoms with van der Waals surface area (Å²) in [6, 6.07) is 3.94. The molecule has 1 heterocycles. The van der Waals surface area contributed by atoms with Gasteiger partial charge in [0.2, 0.25) is 6.41 Å². The fourth-order valence-corrected chi connectivity index (χ4v) is 2.98. The summed E-state index contributed by atoms with van der Waals surface area (Å²) in [4.78, 5) is 36.8. The normalized spacial score (nSPS) is 12.8. The highest BCUT2D eigenvalue weighted by molar-refractivity contribution is 6.30. The highest BCUT2D eigenvalue weighted by Crippen LogP contribution is 2.17. The average Bonchev–Trinajstić information content (AvgIpc) is 3.00. The first-order valence-electron chi connectivity index (χ1n) is 8.60. The second-order valence-corrected chi connectivity index (χ2v) is 6.31. The molecule has 27 heavy (non-hydrogen) atoms. The van der Waals surface area contributed by atoms with Crippen molar-refractivity contribution in [3.8, 4) is 5.69 Å². The van der Waals surface area contributed by atoms with Gasteiger partial charge in [-0.15, -0.1) is 0 Å². The number of hydrogen-bond acceptors (Lipinski definition) is 3. The van der Waals surface area contributed by atoms with E-state index in [1.807, 2.05) is 6.92 Å². The second-order valence-electron chi connectivity index (χ2n) is 5.90. The van der Waals surface area contributed by atoms with E-state index in [-0.39, 0.29) is 11.6 Å². The number of rotatable bonds is 8. The number of hydrogen-bond donors (Lipinski definition) is 1. The summed E-state index contributed by atoms with van der Waals surface area (Å²) < 4.78 is 14.7. The molecular weight excluding hydrogens is 373 g/mol. The number of unbranched alkanes of at least 4 members (excludes halogenated alkanes) is 1. The minimum Gasteiger partial charge on any atom is -0.311 e. The van der Waals surface area contributed by atoms with E-state index in [0.717, 1.165) is 12.8 Å². The van der Waals surface area contributed by atoms with Gasteiger partial charge in [-0.2, -0.15) is 0 Å². The van der Waals surface area contributed by atoms with E-state index >= 15 is 0 Å². The van der Waals surface area contributed by atoms with Gasteiger partial charge >= 0.3 is 0 Å². The molecule has 2 rings (SSSR count). The predicted molar refractivity (Wildman–Crippen MR) is 103 cm³/mol.